The maximum absolute atomic E-state index is 16.9. The van der Waals surface area contributed by atoms with Gasteiger partial charge < -0.3 is 44.3 Å². The third kappa shape index (κ3) is 14.0. The minimum atomic E-state index is -0.749. The molecule has 6 unspecified atom stereocenters. The molecule has 2 amide bonds. The summed E-state index contributed by atoms with van der Waals surface area (Å²) < 4.78 is 54.0. The molecule has 13 rings (SSSR count). The predicted molar refractivity (Wildman–Crippen MR) is 330 cm³/mol. The second-order valence-electron chi connectivity index (χ2n) is 23.6. The number of aromatic nitrogens is 5. The average Bonchev–Trinajstić information content (AvgIpc) is 1.90. The molecule has 7 aromatic rings. The molecule has 0 saturated carbocycles. The van der Waals surface area contributed by atoms with Crippen molar-refractivity contribution in [2.45, 2.75) is 141 Å². The summed E-state index contributed by atoms with van der Waals surface area (Å²) in [5, 5.41) is 21.9. The van der Waals surface area contributed by atoms with E-state index in [9.17, 15) is 23.9 Å². The van der Waals surface area contributed by atoms with E-state index >= 15 is 4.39 Å². The lowest BCUT2D eigenvalue weighted by Gasteiger charge is -2.35. The maximum Gasteiger partial charge on any atom is 0.319 e. The number of carbonyl (C=O) groups excluding carboxylic acids is 3. The van der Waals surface area contributed by atoms with Crippen LogP contribution in [-0.2, 0) is 25.5 Å². The largest absolute Gasteiger partial charge is 0.508 e. The Bertz CT molecular complexity index is 3580. The first-order valence-corrected chi connectivity index (χ1v) is 31.0. The molecule has 6 fully saturated rings. The molecule has 4 aromatic heterocycles. The van der Waals surface area contributed by atoms with E-state index in [2.05, 4.69) is 84.3 Å². The molecule has 22 heteroatoms. The topological polar surface area (TPSA) is 214 Å². The molecule has 3 aromatic carbocycles. The number of nitrogens with zero attached hydrogens (tertiary/aromatic N) is 9. The van der Waals surface area contributed by atoms with Gasteiger partial charge in [0.1, 0.15) is 53.7 Å². The Morgan fingerprint density at radius 2 is 1.77 bits per heavy atom. The fraction of sp³-hybridized carbons (Fsp3) is 0.477. The van der Waals surface area contributed by atoms with E-state index < -0.39 is 11.6 Å². The van der Waals surface area contributed by atoms with Gasteiger partial charge in [0, 0.05) is 80.1 Å². The fourth-order valence-corrected chi connectivity index (χ4v) is 13.8. The highest BCUT2D eigenvalue weighted by molar-refractivity contribution is 7.13. The van der Waals surface area contributed by atoms with Crippen LogP contribution in [0.3, 0.4) is 0 Å². The lowest BCUT2D eigenvalue weighted by molar-refractivity contribution is -0.131. The molecule has 87 heavy (non-hydrogen) atoms. The monoisotopic (exact) mass is 1210 g/mol. The number of pyridine rings is 1. The first kappa shape index (κ1) is 62.2. The summed E-state index contributed by atoms with van der Waals surface area (Å²) in [5.74, 6) is 2.59. The molecular formula is C65H77F2N11O8S. The number of aromatic hydroxyl groups is 1. The van der Waals surface area contributed by atoms with Crippen molar-refractivity contribution >= 4 is 57.6 Å². The van der Waals surface area contributed by atoms with Gasteiger partial charge in [-0.3, -0.25) is 29.2 Å². The number of thiazole rings is 1. The van der Waals surface area contributed by atoms with Crippen molar-refractivity contribution in [3.05, 3.63) is 101 Å². The molecule has 460 valence electrons. The van der Waals surface area contributed by atoms with E-state index in [4.69, 9.17) is 30.1 Å². The van der Waals surface area contributed by atoms with E-state index in [0.717, 1.165) is 95.2 Å². The van der Waals surface area contributed by atoms with Gasteiger partial charge in [0.15, 0.2) is 5.82 Å². The number of aryl methyl sites for hydroxylation is 1. The molecule has 0 aliphatic carbocycles. The SMILES string of the molecule is C#Cc1c(F)ccc2cc(O)cc(-c3ncc4c(N5CC6CCC(C5)N6)nc(OCC56CCCN5C(COC=O)CC6)nc4c3F)c12.CC1CCCN1C(=O)Cc1cc(OC2CN(C)C2)no1.CCC.Cc1ncsc1-c1ccc(C(C)NC=O)cc1. The third-order valence-electron chi connectivity index (χ3n) is 17.3. The number of fused-ring (bicyclic) bond motifs is 5. The number of phenols is 1. The van der Waals surface area contributed by atoms with E-state index in [1.807, 2.05) is 43.4 Å². The number of carbonyl (C=O) groups is 3. The molecular weight excluding hydrogens is 1130 g/mol. The predicted octanol–water partition coefficient (Wildman–Crippen LogP) is 9.56. The molecule has 19 nitrogen and oxygen atoms in total. The maximum atomic E-state index is 16.9. The van der Waals surface area contributed by atoms with E-state index in [0.29, 0.717) is 79.1 Å². The quantitative estimate of drug-likeness (QED) is 0.0607. The minimum absolute atomic E-state index is 0.0143. The molecule has 6 atom stereocenters. The van der Waals surface area contributed by atoms with Crippen LogP contribution in [0.15, 0.2) is 70.8 Å². The van der Waals surface area contributed by atoms with Gasteiger partial charge in [0.05, 0.1) is 45.0 Å². The van der Waals surface area contributed by atoms with Gasteiger partial charge in [0.25, 0.3) is 12.4 Å². The van der Waals surface area contributed by atoms with Crippen LogP contribution < -0.4 is 25.0 Å². The van der Waals surface area contributed by atoms with Crippen molar-refractivity contribution in [2.24, 2.45) is 0 Å². The van der Waals surface area contributed by atoms with Crippen LogP contribution in [-0.4, -0.2) is 159 Å². The van der Waals surface area contributed by atoms with Crippen molar-refractivity contribution < 1.29 is 47.0 Å². The Balaban J connectivity index is 0.000000171. The number of rotatable bonds is 16. The van der Waals surface area contributed by atoms with Gasteiger partial charge in [-0.05, 0) is 126 Å². The Hall–Kier alpha value is -7.84. The first-order chi connectivity index (χ1) is 42.1. The molecule has 6 aliphatic heterocycles. The number of likely N-dealkylation sites (tertiary alicyclic amines) is 2. The summed E-state index contributed by atoms with van der Waals surface area (Å²) in [6, 6.07) is 16.6. The van der Waals surface area contributed by atoms with Crippen LogP contribution >= 0.6 is 11.3 Å². The summed E-state index contributed by atoms with van der Waals surface area (Å²) in [5.41, 5.74) is 4.95. The van der Waals surface area contributed by atoms with Crippen LogP contribution in [0.25, 0.3) is 43.4 Å². The van der Waals surface area contributed by atoms with Crippen molar-refractivity contribution in [1.82, 2.24) is 50.4 Å². The highest BCUT2D eigenvalue weighted by Gasteiger charge is 2.50. The standard InChI is InChI=1S/C35H34F2N6O4.C14H21N3O3.C13H14N2OS.C3H8/c1-2-25-28(36)7-4-20-12-24(45)13-26(29(20)25)31-30(37)32-27(14-38-31)33(42-15-21-5-6-22(16-42)39-21)41-34(40-32)47-18-35-9-3-11-43(35)23(8-10-35)17-46-19-44;1-10-4-3-5-17(10)14(18)7-11-6-13(15-20-11)19-12-8-16(2)9-12;1-9(14-7-16)11-3-5-12(6-4-11)13-10(2)15-8-17-13;1-3-2/h1,4,7,12-14,19,21-23,39,45H,3,5-6,8-11,15-18H2;6,10,12H,3-5,7-9H2,1-2H3;3-9H,1-2H3,(H,14,16);3H2,1-2H3. The fourth-order valence-electron chi connectivity index (χ4n) is 13.0. The Morgan fingerprint density at radius 3 is 2.45 bits per heavy atom. The van der Waals surface area contributed by atoms with Crippen LogP contribution in [0.5, 0.6) is 17.6 Å². The number of amides is 2. The van der Waals surface area contributed by atoms with Crippen LogP contribution in [0.2, 0.25) is 0 Å². The smallest absolute Gasteiger partial charge is 0.319 e. The third-order valence-corrected chi connectivity index (χ3v) is 18.2. The summed E-state index contributed by atoms with van der Waals surface area (Å²) in [6.07, 6.45) is 17.6. The number of anilines is 1. The van der Waals surface area contributed by atoms with Crippen molar-refractivity contribution in [2.75, 3.05) is 64.4 Å². The number of terminal acetylenes is 1. The zero-order valence-electron chi connectivity index (χ0n) is 50.3. The molecule has 2 bridgehead atoms. The van der Waals surface area contributed by atoms with Crippen LogP contribution in [0.4, 0.5) is 14.6 Å². The summed E-state index contributed by atoms with van der Waals surface area (Å²) >= 11 is 1.64. The Morgan fingerprint density at radius 1 is 1.00 bits per heavy atom. The summed E-state index contributed by atoms with van der Waals surface area (Å²) in [6.45, 7) is 16.4. The highest BCUT2D eigenvalue weighted by Crippen LogP contribution is 2.44. The second-order valence-corrected chi connectivity index (χ2v) is 24.5. The number of benzene rings is 3. The number of piperazine rings is 1. The number of ether oxygens (including phenoxy) is 3. The van der Waals surface area contributed by atoms with Gasteiger partial charge in [-0.25, -0.2) is 13.8 Å². The molecule has 10 heterocycles. The average molecular weight is 1210 g/mol. The summed E-state index contributed by atoms with van der Waals surface area (Å²) in [4.78, 5) is 61.4. The van der Waals surface area contributed by atoms with Crippen LogP contribution in [0.1, 0.15) is 114 Å². The number of halogens is 2. The highest BCUT2D eigenvalue weighted by atomic mass is 32.1. The lowest BCUT2D eigenvalue weighted by atomic mass is 9.95. The number of hydrogen-bond acceptors (Lipinski definition) is 18. The summed E-state index contributed by atoms with van der Waals surface area (Å²) in [7, 11) is 2.05. The van der Waals surface area contributed by atoms with Crippen LogP contribution in [0, 0.1) is 30.9 Å². The van der Waals surface area contributed by atoms with Gasteiger partial charge >= 0.3 is 6.01 Å². The molecule has 6 aliphatic rings. The zero-order valence-corrected chi connectivity index (χ0v) is 51.1. The molecule has 0 radical (unpaired) electrons. The van der Waals surface area contributed by atoms with Crippen molar-refractivity contribution in [1.29, 1.82) is 0 Å². The minimum Gasteiger partial charge on any atom is -0.508 e. The zero-order chi connectivity index (χ0) is 61.4. The van der Waals surface area contributed by atoms with Gasteiger partial charge in [-0.1, -0.05) is 56.5 Å². The lowest BCUT2D eigenvalue weighted by Crippen LogP contribution is -2.51. The molecule has 0 spiro atoms. The normalized spacial score (nSPS) is 21.7. The van der Waals surface area contributed by atoms with E-state index in [-0.39, 0.29) is 75.5 Å². The van der Waals surface area contributed by atoms with Gasteiger partial charge in [-0.15, -0.1) is 17.8 Å². The van der Waals surface area contributed by atoms with Gasteiger partial charge in [-0.2, -0.15) is 9.97 Å². The molecule has 3 N–H and O–H groups in total. The van der Waals surface area contributed by atoms with Crippen molar-refractivity contribution in [3.63, 3.8) is 0 Å². The Labute approximate surface area is 510 Å². The Kier molecular flexibility index (Phi) is 19.9. The van der Waals surface area contributed by atoms with E-state index in [1.54, 1.807) is 17.4 Å². The molecule has 6 saturated heterocycles. The van der Waals surface area contributed by atoms with Crippen molar-refractivity contribution in [3.8, 4) is 51.7 Å². The number of phenolic OH excluding ortho intramolecular Hbond substituents is 1. The second kappa shape index (κ2) is 27.9. The number of nitrogens with one attached hydrogen (secondary N) is 2. The number of hydrogen-bond donors (Lipinski definition) is 3. The van der Waals surface area contributed by atoms with E-state index in [1.165, 1.54) is 47.3 Å². The first-order valence-electron chi connectivity index (χ1n) is 30.2. The number of likely N-dealkylation sites (N-methyl/N-ethyl adjacent to an activating group) is 1. The van der Waals surface area contributed by atoms with Gasteiger partial charge in [0.2, 0.25) is 12.3 Å².